The number of aromatic hydroxyl groups is 2. The number of ether oxygens (including phenoxy) is 1. The number of phenols is 2. The summed E-state index contributed by atoms with van der Waals surface area (Å²) >= 11 is 0. The zero-order valence-corrected chi connectivity index (χ0v) is 16.3. The molecule has 1 atom stereocenters. The van der Waals surface area contributed by atoms with Crippen molar-refractivity contribution in [3.05, 3.63) is 42.0 Å². The molecular formula is C19H21N3O4S. The summed E-state index contributed by atoms with van der Waals surface area (Å²) in [7, 11) is 0.178. The van der Waals surface area contributed by atoms with Crippen LogP contribution in [0.25, 0.3) is 17.1 Å². The van der Waals surface area contributed by atoms with Crippen LogP contribution in [0.4, 0.5) is 0 Å². The first-order chi connectivity index (χ1) is 12.8. The minimum atomic E-state index is -1.40. The molecule has 7 nitrogen and oxygen atoms in total. The first kappa shape index (κ1) is 18.9. The summed E-state index contributed by atoms with van der Waals surface area (Å²) in [6, 6.07) is 10.1. The second kappa shape index (κ2) is 7.40. The van der Waals surface area contributed by atoms with Gasteiger partial charge in [-0.1, -0.05) is 13.8 Å². The van der Waals surface area contributed by atoms with Crippen LogP contribution in [0.1, 0.15) is 25.3 Å². The van der Waals surface area contributed by atoms with Crippen LogP contribution < -0.4 is 4.74 Å². The summed E-state index contributed by atoms with van der Waals surface area (Å²) in [5.41, 5.74) is 1.75. The van der Waals surface area contributed by atoms with Gasteiger partial charge in [-0.15, -0.1) is 10.2 Å². The van der Waals surface area contributed by atoms with Gasteiger partial charge < -0.3 is 14.9 Å². The molecule has 1 heterocycles. The van der Waals surface area contributed by atoms with Gasteiger partial charge in [0.25, 0.3) is 0 Å². The molecule has 8 heteroatoms. The van der Waals surface area contributed by atoms with Gasteiger partial charge in [-0.3, -0.25) is 8.78 Å². The van der Waals surface area contributed by atoms with E-state index in [0.717, 1.165) is 0 Å². The highest BCUT2D eigenvalue weighted by atomic mass is 32.2. The van der Waals surface area contributed by atoms with Crippen LogP contribution in [-0.2, 0) is 10.8 Å². The number of benzene rings is 2. The number of hydrogen-bond acceptors (Lipinski definition) is 6. The Morgan fingerprint density at radius 1 is 1.07 bits per heavy atom. The number of methoxy groups -OCH3 is 1. The molecular weight excluding hydrogens is 366 g/mol. The predicted octanol–water partition coefficient (Wildman–Crippen LogP) is 3.21. The minimum absolute atomic E-state index is 0.0149. The van der Waals surface area contributed by atoms with E-state index in [1.807, 2.05) is 13.8 Å². The van der Waals surface area contributed by atoms with Gasteiger partial charge in [-0.2, -0.15) is 0 Å². The fourth-order valence-corrected chi connectivity index (χ4v) is 3.43. The first-order valence-corrected chi connectivity index (χ1v) is 9.88. The molecule has 0 saturated heterocycles. The van der Waals surface area contributed by atoms with Crippen molar-refractivity contribution in [3.63, 3.8) is 0 Å². The molecule has 3 rings (SSSR count). The van der Waals surface area contributed by atoms with E-state index in [4.69, 9.17) is 4.74 Å². The Labute approximate surface area is 159 Å². The smallest absolute Gasteiger partial charge is 0.226 e. The van der Waals surface area contributed by atoms with E-state index in [0.29, 0.717) is 28.4 Å². The van der Waals surface area contributed by atoms with E-state index in [1.54, 1.807) is 42.0 Å². The van der Waals surface area contributed by atoms with Crippen LogP contribution in [-0.4, -0.2) is 42.6 Å². The lowest BCUT2D eigenvalue weighted by molar-refractivity contribution is 0.414. The SMILES string of the molecule is COc1ccc(-n2c(-c3cc(C(C)C)c(O)cc3O)nnc2S(C)=O)cc1. The number of rotatable bonds is 5. The van der Waals surface area contributed by atoms with Gasteiger partial charge in [0.2, 0.25) is 5.16 Å². The Morgan fingerprint density at radius 2 is 1.74 bits per heavy atom. The number of hydrogen-bond donors (Lipinski definition) is 2. The monoisotopic (exact) mass is 387 g/mol. The number of nitrogens with zero attached hydrogens (tertiary/aromatic N) is 3. The highest BCUT2D eigenvalue weighted by Crippen LogP contribution is 2.38. The molecule has 27 heavy (non-hydrogen) atoms. The molecule has 0 aliphatic rings. The van der Waals surface area contributed by atoms with Crippen molar-refractivity contribution >= 4 is 10.8 Å². The molecule has 0 saturated carbocycles. The highest BCUT2D eigenvalue weighted by molar-refractivity contribution is 7.84. The Hall–Kier alpha value is -2.87. The quantitative estimate of drug-likeness (QED) is 0.698. The topological polar surface area (TPSA) is 97.5 Å². The lowest BCUT2D eigenvalue weighted by Crippen LogP contribution is -2.05. The van der Waals surface area contributed by atoms with Crippen LogP contribution in [0.15, 0.2) is 41.6 Å². The van der Waals surface area contributed by atoms with E-state index in [9.17, 15) is 14.4 Å². The lowest BCUT2D eigenvalue weighted by Gasteiger charge is -2.14. The maximum Gasteiger partial charge on any atom is 0.226 e. The molecule has 3 aromatic rings. The van der Waals surface area contributed by atoms with Crippen molar-refractivity contribution in [2.75, 3.05) is 13.4 Å². The summed E-state index contributed by atoms with van der Waals surface area (Å²) in [5.74, 6) is 0.946. The van der Waals surface area contributed by atoms with Crippen LogP contribution >= 0.6 is 0 Å². The fourth-order valence-electron chi connectivity index (χ4n) is 2.83. The van der Waals surface area contributed by atoms with Crippen molar-refractivity contribution < 1.29 is 19.2 Å². The zero-order chi connectivity index (χ0) is 19.7. The summed E-state index contributed by atoms with van der Waals surface area (Å²) in [5, 5.41) is 29.0. The van der Waals surface area contributed by atoms with Crippen molar-refractivity contribution in [1.82, 2.24) is 14.8 Å². The van der Waals surface area contributed by atoms with Gasteiger partial charge in [0.05, 0.1) is 29.2 Å². The molecule has 0 aliphatic heterocycles. The van der Waals surface area contributed by atoms with Gasteiger partial charge in [0.1, 0.15) is 17.2 Å². The lowest BCUT2D eigenvalue weighted by atomic mass is 9.98. The van der Waals surface area contributed by atoms with Crippen LogP contribution in [0, 0.1) is 0 Å². The van der Waals surface area contributed by atoms with Gasteiger partial charge >= 0.3 is 0 Å². The Morgan fingerprint density at radius 3 is 2.30 bits per heavy atom. The van der Waals surface area contributed by atoms with Crippen molar-refractivity contribution in [3.8, 4) is 34.3 Å². The standard InChI is InChI=1S/C19H21N3O4S/c1-11(2)14-9-15(17(24)10-16(14)23)18-20-21-19(27(4)25)22(18)12-5-7-13(26-3)8-6-12/h5-11,23-24H,1-4H3. The molecule has 2 N–H and O–H groups in total. The molecule has 1 unspecified atom stereocenters. The summed E-state index contributed by atoms with van der Waals surface area (Å²) in [4.78, 5) is 0. The summed E-state index contributed by atoms with van der Waals surface area (Å²) < 4.78 is 19.0. The van der Waals surface area contributed by atoms with E-state index >= 15 is 0 Å². The van der Waals surface area contributed by atoms with Gasteiger partial charge in [-0.25, -0.2) is 0 Å². The van der Waals surface area contributed by atoms with Gasteiger partial charge in [-0.05, 0) is 41.8 Å². The zero-order valence-electron chi connectivity index (χ0n) is 15.5. The Balaban J connectivity index is 2.26. The van der Waals surface area contributed by atoms with E-state index in [2.05, 4.69) is 10.2 Å². The minimum Gasteiger partial charge on any atom is -0.508 e. The highest BCUT2D eigenvalue weighted by Gasteiger charge is 2.22. The number of aromatic nitrogens is 3. The largest absolute Gasteiger partial charge is 0.508 e. The molecule has 2 aromatic carbocycles. The number of phenolic OH excluding ortho intramolecular Hbond substituents is 2. The molecule has 0 fully saturated rings. The van der Waals surface area contributed by atoms with Crippen LogP contribution in [0.2, 0.25) is 0 Å². The van der Waals surface area contributed by atoms with E-state index in [-0.39, 0.29) is 22.6 Å². The average molecular weight is 387 g/mol. The molecule has 0 bridgehead atoms. The van der Waals surface area contributed by atoms with Gasteiger partial charge in [0, 0.05) is 12.3 Å². The second-order valence-electron chi connectivity index (χ2n) is 6.38. The summed E-state index contributed by atoms with van der Waals surface area (Å²) in [6.45, 7) is 3.88. The van der Waals surface area contributed by atoms with E-state index < -0.39 is 10.8 Å². The predicted molar refractivity (Wildman–Crippen MR) is 103 cm³/mol. The second-order valence-corrected chi connectivity index (χ2v) is 7.65. The van der Waals surface area contributed by atoms with Crippen molar-refractivity contribution in [2.45, 2.75) is 24.9 Å². The molecule has 142 valence electrons. The Bertz CT molecular complexity index is 997. The first-order valence-electron chi connectivity index (χ1n) is 8.33. The maximum absolute atomic E-state index is 12.2. The van der Waals surface area contributed by atoms with E-state index in [1.165, 1.54) is 12.3 Å². The third-order valence-corrected chi connectivity index (χ3v) is 5.01. The molecule has 1 aromatic heterocycles. The third-order valence-electron chi connectivity index (χ3n) is 4.23. The summed E-state index contributed by atoms with van der Waals surface area (Å²) in [6.07, 6.45) is 1.52. The molecule has 0 spiro atoms. The molecule has 0 aliphatic carbocycles. The maximum atomic E-state index is 12.2. The third kappa shape index (κ3) is 3.52. The van der Waals surface area contributed by atoms with Gasteiger partial charge in [0.15, 0.2) is 5.82 Å². The van der Waals surface area contributed by atoms with Crippen LogP contribution in [0.3, 0.4) is 0 Å². The average Bonchev–Trinajstić information content (AvgIpc) is 3.06. The fraction of sp³-hybridized carbons (Fsp3) is 0.263. The van der Waals surface area contributed by atoms with Crippen molar-refractivity contribution in [1.29, 1.82) is 0 Å². The normalized spacial score (nSPS) is 12.3. The van der Waals surface area contributed by atoms with Crippen LogP contribution in [0.5, 0.6) is 17.2 Å². The van der Waals surface area contributed by atoms with Crippen molar-refractivity contribution in [2.24, 2.45) is 0 Å². The molecule has 0 amide bonds. The molecule has 0 radical (unpaired) electrons. The Kier molecular flexibility index (Phi) is 5.18.